The molecule has 0 bridgehead atoms. The van der Waals surface area contributed by atoms with Gasteiger partial charge in [0.2, 0.25) is 0 Å². The van der Waals surface area contributed by atoms with Gasteiger partial charge in [-0.15, -0.1) is 0 Å². The summed E-state index contributed by atoms with van der Waals surface area (Å²) in [7, 11) is 0. The molecule has 0 aliphatic rings. The van der Waals surface area contributed by atoms with Crippen LogP contribution < -0.4 is 5.32 Å². The average molecular weight is 191 g/mol. The number of nitriles is 1. The molecule has 4 nitrogen and oxygen atoms in total. The van der Waals surface area contributed by atoms with Crippen LogP contribution in [0, 0.1) is 11.3 Å². The van der Waals surface area contributed by atoms with Crippen LogP contribution in [0.4, 0.5) is 5.82 Å². The molecule has 0 saturated carbocycles. The first-order valence-electron chi connectivity index (χ1n) is 4.55. The molecule has 4 heteroatoms. The van der Waals surface area contributed by atoms with Crippen molar-refractivity contribution < 1.29 is 4.74 Å². The number of pyridine rings is 1. The van der Waals surface area contributed by atoms with Crippen LogP contribution in [0.15, 0.2) is 18.2 Å². The first kappa shape index (κ1) is 10.5. The molecule has 0 amide bonds. The Morgan fingerprint density at radius 2 is 2.43 bits per heavy atom. The first-order chi connectivity index (χ1) is 6.86. The lowest BCUT2D eigenvalue weighted by Gasteiger charge is -2.04. The molecule has 74 valence electrons. The molecule has 0 aliphatic heterocycles. The standard InChI is InChI=1S/C10H13N3O/c1-2-14-7-6-12-10-5-3-4-9(8-11)13-10/h3-5H,2,6-7H2,1H3,(H,12,13). The van der Waals surface area contributed by atoms with Gasteiger partial charge in [0.25, 0.3) is 0 Å². The molecule has 1 heterocycles. The summed E-state index contributed by atoms with van der Waals surface area (Å²) in [6.45, 7) is 4.02. The van der Waals surface area contributed by atoms with Gasteiger partial charge in [-0.3, -0.25) is 0 Å². The van der Waals surface area contributed by atoms with Gasteiger partial charge in [0.15, 0.2) is 0 Å². The van der Waals surface area contributed by atoms with Gasteiger partial charge >= 0.3 is 0 Å². The largest absolute Gasteiger partial charge is 0.380 e. The molecule has 1 aromatic heterocycles. The molecule has 0 atom stereocenters. The molecular formula is C10H13N3O. The molecule has 0 aliphatic carbocycles. The highest BCUT2D eigenvalue weighted by atomic mass is 16.5. The molecule has 0 spiro atoms. The second-order valence-electron chi connectivity index (χ2n) is 2.64. The molecule has 0 radical (unpaired) electrons. The van der Waals surface area contributed by atoms with E-state index in [2.05, 4.69) is 10.3 Å². The SMILES string of the molecule is CCOCCNc1cccc(C#N)n1. The van der Waals surface area contributed by atoms with Crippen LogP contribution in [0.5, 0.6) is 0 Å². The number of rotatable bonds is 5. The molecule has 0 fully saturated rings. The molecule has 1 N–H and O–H groups in total. The first-order valence-corrected chi connectivity index (χ1v) is 4.55. The summed E-state index contributed by atoms with van der Waals surface area (Å²) < 4.78 is 5.16. The van der Waals surface area contributed by atoms with Crippen molar-refractivity contribution in [2.24, 2.45) is 0 Å². The molecule has 1 rings (SSSR count). The van der Waals surface area contributed by atoms with E-state index in [9.17, 15) is 0 Å². The van der Waals surface area contributed by atoms with Crippen molar-refractivity contribution in [3.05, 3.63) is 23.9 Å². The molecule has 1 aromatic rings. The van der Waals surface area contributed by atoms with Crippen molar-refractivity contribution in [1.29, 1.82) is 5.26 Å². The minimum Gasteiger partial charge on any atom is -0.380 e. The summed E-state index contributed by atoms with van der Waals surface area (Å²) in [6, 6.07) is 7.29. The highest BCUT2D eigenvalue weighted by Crippen LogP contribution is 2.02. The van der Waals surface area contributed by atoms with Gasteiger partial charge in [0, 0.05) is 13.2 Å². The van der Waals surface area contributed by atoms with E-state index in [0.29, 0.717) is 31.3 Å². The smallest absolute Gasteiger partial charge is 0.142 e. The van der Waals surface area contributed by atoms with E-state index in [4.69, 9.17) is 10.00 Å². The van der Waals surface area contributed by atoms with Crippen LogP contribution in [0.2, 0.25) is 0 Å². The Morgan fingerprint density at radius 1 is 1.57 bits per heavy atom. The number of aromatic nitrogens is 1. The summed E-state index contributed by atoms with van der Waals surface area (Å²) in [5.74, 6) is 0.712. The summed E-state index contributed by atoms with van der Waals surface area (Å²) in [5.41, 5.74) is 0.423. The predicted octanol–water partition coefficient (Wildman–Crippen LogP) is 1.40. The van der Waals surface area contributed by atoms with Crippen LogP contribution in [-0.2, 0) is 4.74 Å². The number of anilines is 1. The van der Waals surface area contributed by atoms with Crippen molar-refractivity contribution in [3.63, 3.8) is 0 Å². The average Bonchev–Trinajstić information content (AvgIpc) is 2.25. The number of ether oxygens (including phenoxy) is 1. The quantitative estimate of drug-likeness (QED) is 0.715. The molecule has 0 aromatic carbocycles. The number of nitrogens with zero attached hydrogens (tertiary/aromatic N) is 2. The maximum Gasteiger partial charge on any atom is 0.142 e. The van der Waals surface area contributed by atoms with Gasteiger partial charge in [-0.2, -0.15) is 5.26 Å². The van der Waals surface area contributed by atoms with Crippen molar-refractivity contribution in [3.8, 4) is 6.07 Å². The number of hydrogen-bond acceptors (Lipinski definition) is 4. The summed E-state index contributed by atoms with van der Waals surface area (Å²) in [4.78, 5) is 4.06. The third-order valence-corrected chi connectivity index (χ3v) is 1.62. The Morgan fingerprint density at radius 3 is 3.14 bits per heavy atom. The van der Waals surface area contributed by atoms with E-state index < -0.39 is 0 Å². The lowest BCUT2D eigenvalue weighted by molar-refractivity contribution is 0.158. The van der Waals surface area contributed by atoms with E-state index in [1.165, 1.54) is 0 Å². The second kappa shape index (κ2) is 5.95. The zero-order chi connectivity index (χ0) is 10.2. The highest BCUT2D eigenvalue weighted by molar-refractivity contribution is 5.38. The number of nitrogens with one attached hydrogen (secondary N) is 1. The fourth-order valence-corrected chi connectivity index (χ4v) is 0.991. The van der Waals surface area contributed by atoms with Crippen LogP contribution in [-0.4, -0.2) is 24.7 Å². The van der Waals surface area contributed by atoms with E-state index >= 15 is 0 Å². The van der Waals surface area contributed by atoms with Gasteiger partial charge in [0.05, 0.1) is 6.61 Å². The zero-order valence-corrected chi connectivity index (χ0v) is 8.16. The lowest BCUT2D eigenvalue weighted by atomic mass is 10.3. The Hall–Kier alpha value is -1.60. The summed E-state index contributed by atoms with van der Waals surface area (Å²) >= 11 is 0. The van der Waals surface area contributed by atoms with Gasteiger partial charge in [-0.05, 0) is 19.1 Å². The molecule has 0 unspecified atom stereocenters. The monoisotopic (exact) mass is 191 g/mol. The van der Waals surface area contributed by atoms with E-state index in [1.807, 2.05) is 19.1 Å². The van der Waals surface area contributed by atoms with Crippen LogP contribution in [0.25, 0.3) is 0 Å². The third-order valence-electron chi connectivity index (χ3n) is 1.62. The number of hydrogen-bond donors (Lipinski definition) is 1. The molecular weight excluding hydrogens is 178 g/mol. The fraction of sp³-hybridized carbons (Fsp3) is 0.400. The maximum atomic E-state index is 8.61. The van der Waals surface area contributed by atoms with Gasteiger partial charge in [-0.25, -0.2) is 4.98 Å². The van der Waals surface area contributed by atoms with E-state index in [-0.39, 0.29) is 0 Å². The van der Waals surface area contributed by atoms with E-state index in [0.717, 1.165) is 0 Å². The van der Waals surface area contributed by atoms with Gasteiger partial charge < -0.3 is 10.1 Å². The Bertz CT molecular complexity index is 319. The van der Waals surface area contributed by atoms with Crippen LogP contribution >= 0.6 is 0 Å². The second-order valence-corrected chi connectivity index (χ2v) is 2.64. The van der Waals surface area contributed by atoms with Crippen LogP contribution in [0.3, 0.4) is 0 Å². The highest BCUT2D eigenvalue weighted by Gasteiger charge is 1.94. The van der Waals surface area contributed by atoms with Crippen molar-refractivity contribution in [2.45, 2.75) is 6.92 Å². The van der Waals surface area contributed by atoms with Crippen molar-refractivity contribution in [1.82, 2.24) is 4.98 Å². The summed E-state index contributed by atoms with van der Waals surface area (Å²) in [6.07, 6.45) is 0. The summed E-state index contributed by atoms with van der Waals surface area (Å²) in [5, 5.41) is 11.7. The maximum absolute atomic E-state index is 8.61. The topological polar surface area (TPSA) is 57.9 Å². The lowest BCUT2D eigenvalue weighted by Crippen LogP contribution is -2.10. The van der Waals surface area contributed by atoms with Crippen LogP contribution in [0.1, 0.15) is 12.6 Å². The minimum absolute atomic E-state index is 0.423. The van der Waals surface area contributed by atoms with Crippen molar-refractivity contribution in [2.75, 3.05) is 25.1 Å². The normalized spacial score (nSPS) is 9.43. The fourth-order valence-electron chi connectivity index (χ4n) is 0.991. The molecule has 0 saturated heterocycles. The van der Waals surface area contributed by atoms with Gasteiger partial charge in [0.1, 0.15) is 17.6 Å². The molecule has 14 heavy (non-hydrogen) atoms. The third kappa shape index (κ3) is 3.42. The predicted molar refractivity (Wildman–Crippen MR) is 53.9 cm³/mol. The zero-order valence-electron chi connectivity index (χ0n) is 8.16. The van der Waals surface area contributed by atoms with Gasteiger partial charge in [-0.1, -0.05) is 6.07 Å². The minimum atomic E-state index is 0.423. The van der Waals surface area contributed by atoms with E-state index in [1.54, 1.807) is 12.1 Å². The Balaban J connectivity index is 2.39. The van der Waals surface area contributed by atoms with Crippen molar-refractivity contribution >= 4 is 5.82 Å². The Kier molecular flexibility index (Phi) is 4.45. The Labute approximate surface area is 83.5 Å².